The van der Waals surface area contributed by atoms with E-state index in [0.29, 0.717) is 0 Å². The molecule has 4 unspecified atom stereocenters. The molecule has 0 amide bonds. The third kappa shape index (κ3) is 3.73. The van der Waals surface area contributed by atoms with Crippen molar-refractivity contribution in [3.05, 3.63) is 0 Å². The van der Waals surface area contributed by atoms with Gasteiger partial charge in [0.25, 0.3) is 0 Å². The maximum atomic E-state index is 10.2. The second-order valence-corrected chi connectivity index (χ2v) is 6.11. The molecular weight excluding hydrogens is 328 g/mol. The zero-order valence-electron chi connectivity index (χ0n) is 13.5. The van der Waals surface area contributed by atoms with Gasteiger partial charge in [-0.25, -0.2) is 0 Å². The second-order valence-electron chi connectivity index (χ2n) is 6.11. The molecule has 0 aromatic rings. The molecule has 2 aliphatic rings. The Morgan fingerprint density at radius 2 is 1.33 bits per heavy atom. The van der Waals surface area contributed by atoms with E-state index in [1.807, 2.05) is 0 Å². The van der Waals surface area contributed by atoms with Crippen molar-refractivity contribution in [2.24, 2.45) is 5.92 Å². The molecule has 142 valence electrons. The lowest BCUT2D eigenvalue weighted by atomic mass is 9.91. The summed E-state index contributed by atoms with van der Waals surface area (Å²) >= 11 is 0. The number of hydrogen-bond acceptors (Lipinski definition) is 10. The molecule has 2 fully saturated rings. The molecule has 2 rings (SSSR count). The Kier molecular flexibility index (Phi) is 6.90. The largest absolute Gasteiger partial charge is 0.394 e. The van der Waals surface area contributed by atoms with E-state index in [1.165, 1.54) is 7.11 Å². The molecule has 2 aliphatic heterocycles. The zero-order chi connectivity index (χ0) is 18.0. The van der Waals surface area contributed by atoms with Crippen LogP contribution in [0.25, 0.3) is 0 Å². The van der Waals surface area contributed by atoms with Crippen LogP contribution in [0.4, 0.5) is 0 Å². The predicted molar refractivity (Wildman–Crippen MR) is 76.6 cm³/mol. The van der Waals surface area contributed by atoms with Gasteiger partial charge in [-0.1, -0.05) is 6.92 Å². The highest BCUT2D eigenvalue weighted by atomic mass is 16.7. The molecule has 0 saturated carbocycles. The molecule has 2 heterocycles. The monoisotopic (exact) mass is 354 g/mol. The standard InChI is InChI=1S/C14H26O10/c1-5-6(3-15)22-14(10(19)8(5)17)24-12-7(4-16)23-13(21-2)11(20)9(12)18/h5-20H,3-4H2,1-2H3/t5-,6?,7?,8-,9+,10?,11?,12-,13+,14-/m0/s1. The third-order valence-corrected chi connectivity index (χ3v) is 4.59. The minimum absolute atomic E-state index is 0.396. The molecule has 0 radical (unpaired) electrons. The Morgan fingerprint density at radius 1 is 0.792 bits per heavy atom. The molecule has 10 heteroatoms. The topological polar surface area (TPSA) is 158 Å². The molecule has 0 bridgehead atoms. The van der Waals surface area contributed by atoms with E-state index in [4.69, 9.17) is 18.9 Å². The molecule has 0 aromatic carbocycles. The summed E-state index contributed by atoms with van der Waals surface area (Å²) < 4.78 is 21.1. The summed E-state index contributed by atoms with van der Waals surface area (Å²) in [5.74, 6) is -0.533. The van der Waals surface area contributed by atoms with Crippen molar-refractivity contribution in [1.82, 2.24) is 0 Å². The maximum absolute atomic E-state index is 10.2. The summed E-state index contributed by atoms with van der Waals surface area (Å²) in [6.45, 7) is 0.666. The lowest BCUT2D eigenvalue weighted by Gasteiger charge is -2.46. The van der Waals surface area contributed by atoms with E-state index in [9.17, 15) is 30.6 Å². The third-order valence-electron chi connectivity index (χ3n) is 4.59. The van der Waals surface area contributed by atoms with Crippen LogP contribution in [0, 0.1) is 5.92 Å². The first-order valence-electron chi connectivity index (χ1n) is 7.78. The van der Waals surface area contributed by atoms with Crippen molar-refractivity contribution in [3.63, 3.8) is 0 Å². The Bertz CT molecular complexity index is 392. The molecule has 0 aliphatic carbocycles. The van der Waals surface area contributed by atoms with Gasteiger partial charge in [0, 0.05) is 13.0 Å². The minimum Gasteiger partial charge on any atom is -0.394 e. The van der Waals surface area contributed by atoms with Gasteiger partial charge in [-0.3, -0.25) is 0 Å². The number of ether oxygens (including phenoxy) is 4. The average Bonchev–Trinajstić information content (AvgIpc) is 2.59. The quantitative estimate of drug-likeness (QED) is 0.293. The van der Waals surface area contributed by atoms with Gasteiger partial charge in [0.05, 0.1) is 25.4 Å². The van der Waals surface area contributed by atoms with Crippen LogP contribution >= 0.6 is 0 Å². The smallest absolute Gasteiger partial charge is 0.187 e. The Balaban J connectivity index is 2.12. The Morgan fingerprint density at radius 3 is 1.88 bits per heavy atom. The number of aliphatic hydroxyl groups excluding tert-OH is 6. The number of rotatable bonds is 5. The summed E-state index contributed by atoms with van der Waals surface area (Å²) in [6, 6.07) is 0. The van der Waals surface area contributed by atoms with Crippen LogP contribution in [-0.4, -0.2) is 106 Å². The fraction of sp³-hybridized carbons (Fsp3) is 1.00. The first-order chi connectivity index (χ1) is 11.3. The van der Waals surface area contributed by atoms with Crippen molar-refractivity contribution in [2.45, 2.75) is 62.2 Å². The van der Waals surface area contributed by atoms with Crippen LogP contribution in [0.5, 0.6) is 0 Å². The molecule has 10 nitrogen and oxygen atoms in total. The average molecular weight is 354 g/mol. The Labute approximate surface area is 139 Å². The van der Waals surface area contributed by atoms with Gasteiger partial charge in [-0.15, -0.1) is 0 Å². The first kappa shape index (κ1) is 19.9. The van der Waals surface area contributed by atoms with Crippen molar-refractivity contribution in [1.29, 1.82) is 0 Å². The minimum atomic E-state index is -1.49. The fourth-order valence-electron chi connectivity index (χ4n) is 2.96. The SMILES string of the molecule is CO[C@@H]1OC(CO)[C@H](O[C@@H]2OC(CO)[C@H](C)[C@H](O)C2O)[C@H](O)C1O. The second kappa shape index (κ2) is 8.32. The molecule has 0 spiro atoms. The highest BCUT2D eigenvalue weighted by Gasteiger charge is 2.49. The fourth-order valence-corrected chi connectivity index (χ4v) is 2.96. The maximum Gasteiger partial charge on any atom is 0.187 e. The summed E-state index contributed by atoms with van der Waals surface area (Å²) in [4.78, 5) is 0. The van der Waals surface area contributed by atoms with Crippen molar-refractivity contribution < 1.29 is 49.6 Å². The van der Waals surface area contributed by atoms with Crippen LogP contribution in [0.2, 0.25) is 0 Å². The molecular formula is C14H26O10. The molecule has 6 N–H and O–H groups in total. The van der Waals surface area contributed by atoms with E-state index in [0.717, 1.165) is 0 Å². The lowest BCUT2D eigenvalue weighted by Crippen LogP contribution is -2.63. The van der Waals surface area contributed by atoms with E-state index in [1.54, 1.807) is 6.92 Å². The zero-order valence-corrected chi connectivity index (χ0v) is 13.5. The normalized spacial score (nSPS) is 50.0. The molecule has 24 heavy (non-hydrogen) atoms. The highest BCUT2D eigenvalue weighted by Crippen LogP contribution is 2.31. The van der Waals surface area contributed by atoms with Gasteiger partial charge in [-0.2, -0.15) is 0 Å². The van der Waals surface area contributed by atoms with E-state index in [-0.39, 0.29) is 0 Å². The Hall–Kier alpha value is -0.400. The van der Waals surface area contributed by atoms with Crippen LogP contribution in [0.15, 0.2) is 0 Å². The first-order valence-corrected chi connectivity index (χ1v) is 7.78. The van der Waals surface area contributed by atoms with Crippen LogP contribution in [-0.2, 0) is 18.9 Å². The van der Waals surface area contributed by atoms with Crippen molar-refractivity contribution in [3.8, 4) is 0 Å². The molecule has 10 atom stereocenters. The summed E-state index contributed by atoms with van der Waals surface area (Å²) in [5.41, 5.74) is 0. The van der Waals surface area contributed by atoms with Crippen molar-refractivity contribution >= 4 is 0 Å². The van der Waals surface area contributed by atoms with E-state index >= 15 is 0 Å². The predicted octanol–water partition coefficient (Wildman–Crippen LogP) is -3.47. The summed E-state index contributed by atoms with van der Waals surface area (Å²) in [7, 11) is 1.27. The van der Waals surface area contributed by atoms with Gasteiger partial charge < -0.3 is 49.6 Å². The number of aliphatic hydroxyl groups is 6. The van der Waals surface area contributed by atoms with E-state index in [2.05, 4.69) is 0 Å². The van der Waals surface area contributed by atoms with Crippen LogP contribution in [0.3, 0.4) is 0 Å². The van der Waals surface area contributed by atoms with Gasteiger partial charge >= 0.3 is 0 Å². The number of hydrogen-bond donors (Lipinski definition) is 6. The van der Waals surface area contributed by atoms with Gasteiger partial charge in [0.1, 0.15) is 30.5 Å². The van der Waals surface area contributed by atoms with Gasteiger partial charge in [-0.05, 0) is 0 Å². The van der Waals surface area contributed by atoms with E-state index < -0.39 is 74.4 Å². The number of methoxy groups -OCH3 is 1. The highest BCUT2D eigenvalue weighted by molar-refractivity contribution is 4.93. The summed E-state index contributed by atoms with van der Waals surface area (Å²) in [5, 5.41) is 59.0. The lowest BCUT2D eigenvalue weighted by molar-refractivity contribution is -0.353. The van der Waals surface area contributed by atoms with Gasteiger partial charge in [0.2, 0.25) is 0 Å². The van der Waals surface area contributed by atoms with Gasteiger partial charge in [0.15, 0.2) is 12.6 Å². The van der Waals surface area contributed by atoms with Crippen molar-refractivity contribution in [2.75, 3.05) is 20.3 Å². The molecule has 2 saturated heterocycles. The molecule has 0 aromatic heterocycles. The summed E-state index contributed by atoms with van der Waals surface area (Å²) in [6.07, 6.45) is -11.2. The van der Waals surface area contributed by atoms with Crippen LogP contribution < -0.4 is 0 Å². The van der Waals surface area contributed by atoms with Crippen LogP contribution in [0.1, 0.15) is 6.92 Å².